The second-order valence-corrected chi connectivity index (χ2v) is 7.48. The summed E-state index contributed by atoms with van der Waals surface area (Å²) in [5.41, 5.74) is 2.41. The Balaban J connectivity index is 1.84. The first-order chi connectivity index (χ1) is 9.71. The van der Waals surface area contributed by atoms with Gasteiger partial charge in [-0.15, -0.1) is 0 Å². The molecule has 2 nitrogen and oxygen atoms in total. The SMILES string of the molecule is CC(C)c1cccc(CCCB2OC(C)(C)C(C)(C)O2)c1. The minimum absolute atomic E-state index is 0.0664. The molecule has 0 radical (unpaired) electrons. The van der Waals surface area contributed by atoms with E-state index in [1.165, 1.54) is 11.1 Å². The average Bonchev–Trinajstić information content (AvgIpc) is 2.58. The van der Waals surface area contributed by atoms with E-state index in [9.17, 15) is 0 Å². The zero-order valence-corrected chi connectivity index (χ0v) is 14.4. The molecule has 0 unspecified atom stereocenters. The zero-order chi connectivity index (χ0) is 15.7. The van der Waals surface area contributed by atoms with Gasteiger partial charge in [0.1, 0.15) is 0 Å². The Morgan fingerprint density at radius 1 is 1.05 bits per heavy atom. The molecule has 0 saturated carbocycles. The van der Waals surface area contributed by atoms with E-state index >= 15 is 0 Å². The fourth-order valence-corrected chi connectivity index (χ4v) is 2.66. The molecule has 116 valence electrons. The summed E-state index contributed by atoms with van der Waals surface area (Å²) in [4.78, 5) is 0. The topological polar surface area (TPSA) is 18.5 Å². The Kier molecular flexibility index (Phi) is 4.84. The second kappa shape index (κ2) is 6.14. The highest BCUT2D eigenvalue weighted by Crippen LogP contribution is 2.38. The maximum atomic E-state index is 6.04. The lowest BCUT2D eigenvalue weighted by atomic mass is 9.81. The number of benzene rings is 1. The Hall–Kier alpha value is -0.795. The molecule has 0 N–H and O–H groups in total. The van der Waals surface area contributed by atoms with Gasteiger partial charge in [-0.3, -0.25) is 0 Å². The molecule has 1 fully saturated rings. The van der Waals surface area contributed by atoms with Gasteiger partial charge in [0.2, 0.25) is 0 Å². The summed E-state index contributed by atoms with van der Waals surface area (Å²) in [6.45, 7) is 12.9. The summed E-state index contributed by atoms with van der Waals surface area (Å²) in [6.07, 6.45) is 3.14. The standard InChI is InChI=1S/C18H29BO2/c1-14(2)16-11-7-9-15(13-16)10-8-12-19-20-17(3,4)18(5,6)21-19/h7,9,11,13-14H,8,10,12H2,1-6H3. The molecule has 0 amide bonds. The molecule has 1 aromatic rings. The van der Waals surface area contributed by atoms with Crippen LogP contribution in [0.25, 0.3) is 0 Å². The van der Waals surface area contributed by atoms with Gasteiger partial charge in [-0.05, 0) is 57.5 Å². The molecular formula is C18H29BO2. The minimum Gasteiger partial charge on any atom is -0.403 e. The summed E-state index contributed by atoms with van der Waals surface area (Å²) >= 11 is 0. The lowest BCUT2D eigenvalue weighted by Gasteiger charge is -2.32. The quantitative estimate of drug-likeness (QED) is 0.722. The summed E-state index contributed by atoms with van der Waals surface area (Å²) in [5.74, 6) is 0.591. The Morgan fingerprint density at radius 2 is 1.67 bits per heavy atom. The maximum Gasteiger partial charge on any atom is 0.457 e. The van der Waals surface area contributed by atoms with Gasteiger partial charge in [-0.2, -0.15) is 0 Å². The minimum atomic E-state index is -0.213. The molecule has 0 aliphatic carbocycles. The molecule has 2 rings (SSSR count). The van der Waals surface area contributed by atoms with Gasteiger partial charge in [0.05, 0.1) is 11.2 Å². The highest BCUT2D eigenvalue weighted by Gasteiger charge is 2.50. The lowest BCUT2D eigenvalue weighted by molar-refractivity contribution is 0.00578. The van der Waals surface area contributed by atoms with Crippen LogP contribution >= 0.6 is 0 Å². The molecule has 0 aromatic heterocycles. The van der Waals surface area contributed by atoms with E-state index in [2.05, 4.69) is 65.8 Å². The van der Waals surface area contributed by atoms with Crippen LogP contribution in [0.3, 0.4) is 0 Å². The summed E-state index contributed by atoms with van der Waals surface area (Å²) in [6, 6.07) is 8.92. The van der Waals surface area contributed by atoms with Crippen molar-refractivity contribution in [2.75, 3.05) is 0 Å². The van der Waals surface area contributed by atoms with Crippen LogP contribution in [-0.2, 0) is 15.7 Å². The van der Waals surface area contributed by atoms with Gasteiger partial charge < -0.3 is 9.31 Å². The molecule has 3 heteroatoms. The van der Waals surface area contributed by atoms with Crippen molar-refractivity contribution in [3.05, 3.63) is 35.4 Å². The van der Waals surface area contributed by atoms with Gasteiger partial charge in [0.15, 0.2) is 0 Å². The normalized spacial score (nSPS) is 20.2. The predicted octanol–water partition coefficient (Wildman–Crippen LogP) is 4.83. The summed E-state index contributed by atoms with van der Waals surface area (Å²) in [7, 11) is -0.0664. The lowest BCUT2D eigenvalue weighted by Crippen LogP contribution is -2.41. The molecule has 1 heterocycles. The van der Waals surface area contributed by atoms with Crippen LogP contribution < -0.4 is 0 Å². The van der Waals surface area contributed by atoms with Crippen molar-refractivity contribution in [1.29, 1.82) is 0 Å². The van der Waals surface area contributed by atoms with Gasteiger partial charge >= 0.3 is 7.12 Å². The average molecular weight is 288 g/mol. The maximum absolute atomic E-state index is 6.04. The summed E-state index contributed by atoms with van der Waals surface area (Å²) in [5, 5.41) is 0. The van der Waals surface area contributed by atoms with Crippen LogP contribution in [-0.4, -0.2) is 18.3 Å². The third kappa shape index (κ3) is 3.89. The van der Waals surface area contributed by atoms with E-state index in [0.717, 1.165) is 19.2 Å². The van der Waals surface area contributed by atoms with Crippen LogP contribution in [0, 0.1) is 0 Å². The van der Waals surface area contributed by atoms with Crippen LogP contribution in [0.5, 0.6) is 0 Å². The first kappa shape index (κ1) is 16.6. The molecule has 1 aliphatic rings. The monoisotopic (exact) mass is 288 g/mol. The first-order valence-corrected chi connectivity index (χ1v) is 8.16. The Bertz CT molecular complexity index is 464. The van der Waals surface area contributed by atoms with E-state index in [-0.39, 0.29) is 18.3 Å². The molecular weight excluding hydrogens is 259 g/mol. The van der Waals surface area contributed by atoms with E-state index in [1.807, 2.05) is 0 Å². The van der Waals surface area contributed by atoms with Crippen LogP contribution in [0.1, 0.15) is 65.0 Å². The van der Waals surface area contributed by atoms with Crippen LogP contribution in [0.15, 0.2) is 24.3 Å². The number of hydrogen-bond acceptors (Lipinski definition) is 2. The van der Waals surface area contributed by atoms with Gasteiger partial charge in [-0.25, -0.2) is 0 Å². The van der Waals surface area contributed by atoms with Crippen molar-refractivity contribution in [2.45, 2.75) is 77.8 Å². The smallest absolute Gasteiger partial charge is 0.403 e. The Morgan fingerprint density at radius 3 is 2.24 bits per heavy atom. The third-order valence-corrected chi connectivity index (χ3v) is 4.83. The molecule has 1 saturated heterocycles. The highest BCUT2D eigenvalue weighted by atomic mass is 16.7. The predicted molar refractivity (Wildman–Crippen MR) is 89.7 cm³/mol. The molecule has 1 aromatic carbocycles. The van der Waals surface area contributed by atoms with Gasteiger partial charge in [0, 0.05) is 0 Å². The first-order valence-electron chi connectivity index (χ1n) is 8.16. The zero-order valence-electron chi connectivity index (χ0n) is 14.4. The number of rotatable bonds is 5. The molecule has 0 bridgehead atoms. The van der Waals surface area contributed by atoms with Crippen molar-refractivity contribution in [1.82, 2.24) is 0 Å². The van der Waals surface area contributed by atoms with E-state index in [0.29, 0.717) is 5.92 Å². The van der Waals surface area contributed by atoms with Crippen molar-refractivity contribution in [3.8, 4) is 0 Å². The van der Waals surface area contributed by atoms with Crippen molar-refractivity contribution < 1.29 is 9.31 Å². The fraction of sp³-hybridized carbons (Fsp3) is 0.667. The van der Waals surface area contributed by atoms with E-state index < -0.39 is 0 Å². The highest BCUT2D eigenvalue weighted by molar-refractivity contribution is 6.45. The van der Waals surface area contributed by atoms with Crippen molar-refractivity contribution in [2.24, 2.45) is 0 Å². The van der Waals surface area contributed by atoms with Crippen LogP contribution in [0.2, 0.25) is 6.32 Å². The third-order valence-electron chi connectivity index (χ3n) is 4.83. The van der Waals surface area contributed by atoms with Crippen molar-refractivity contribution in [3.63, 3.8) is 0 Å². The molecule has 1 aliphatic heterocycles. The van der Waals surface area contributed by atoms with E-state index in [4.69, 9.17) is 9.31 Å². The van der Waals surface area contributed by atoms with Crippen LogP contribution in [0.4, 0.5) is 0 Å². The fourth-order valence-electron chi connectivity index (χ4n) is 2.66. The summed E-state index contributed by atoms with van der Waals surface area (Å²) < 4.78 is 12.1. The molecule has 0 atom stereocenters. The van der Waals surface area contributed by atoms with E-state index in [1.54, 1.807) is 0 Å². The Labute approximate surface area is 130 Å². The second-order valence-electron chi connectivity index (χ2n) is 7.48. The largest absolute Gasteiger partial charge is 0.457 e. The number of aryl methyl sites for hydroxylation is 1. The van der Waals surface area contributed by atoms with Crippen molar-refractivity contribution >= 4 is 7.12 Å². The molecule has 0 spiro atoms. The van der Waals surface area contributed by atoms with Gasteiger partial charge in [0.25, 0.3) is 0 Å². The molecule has 21 heavy (non-hydrogen) atoms. The number of hydrogen-bond donors (Lipinski definition) is 0. The van der Waals surface area contributed by atoms with Gasteiger partial charge in [-0.1, -0.05) is 44.5 Å².